The quantitative estimate of drug-likeness (QED) is 0.577. The Labute approximate surface area is 156 Å². The number of aromatic nitrogens is 7. The van der Waals surface area contributed by atoms with Crippen LogP contribution in [0.5, 0.6) is 0 Å². The van der Waals surface area contributed by atoms with E-state index in [9.17, 15) is 13.2 Å². The summed E-state index contributed by atoms with van der Waals surface area (Å²) in [5.74, 6) is 0.136. The molecule has 4 aromatic rings. The zero-order valence-electron chi connectivity index (χ0n) is 14.0. The third kappa shape index (κ3) is 3.77. The second-order valence-corrected chi connectivity index (χ2v) is 5.52. The highest BCUT2D eigenvalue weighted by molar-refractivity contribution is 5.59. The Morgan fingerprint density at radius 1 is 0.929 bits per heavy atom. The lowest BCUT2D eigenvalue weighted by molar-refractivity contribution is -0.141. The van der Waals surface area contributed by atoms with Gasteiger partial charge in [0.15, 0.2) is 11.5 Å². The maximum atomic E-state index is 13.3. The number of pyridine rings is 1. The predicted molar refractivity (Wildman–Crippen MR) is 92.7 cm³/mol. The Balaban J connectivity index is 1.69. The molecule has 28 heavy (non-hydrogen) atoms. The van der Waals surface area contributed by atoms with Crippen LogP contribution >= 0.6 is 0 Å². The third-order valence-electron chi connectivity index (χ3n) is 3.52. The van der Waals surface area contributed by atoms with Crippen LogP contribution in [0.2, 0.25) is 0 Å². The van der Waals surface area contributed by atoms with Gasteiger partial charge in [-0.1, -0.05) is 6.07 Å². The number of hydrogen-bond acceptors (Lipinski definition) is 7. The number of alkyl halides is 3. The molecular weight excluding hydrogens is 373 g/mol. The van der Waals surface area contributed by atoms with E-state index in [0.717, 1.165) is 6.07 Å². The fourth-order valence-corrected chi connectivity index (χ4v) is 2.32. The van der Waals surface area contributed by atoms with Crippen molar-refractivity contribution in [3.63, 3.8) is 0 Å². The summed E-state index contributed by atoms with van der Waals surface area (Å²) in [6.07, 6.45) is 2.88. The van der Waals surface area contributed by atoms with E-state index >= 15 is 0 Å². The zero-order chi connectivity index (χ0) is 19.6. The standard InChI is InChI=1S/C17H11F3N8/c18-17(19,20)13-8-14(27-15(26-13)12-4-1-2-5-21-12)25-11-9-24-28(10-11)16-22-6-3-7-23-16/h1-10H,(H,25,26,27). The van der Waals surface area contributed by atoms with Gasteiger partial charge in [-0.25, -0.2) is 24.6 Å². The van der Waals surface area contributed by atoms with Crippen molar-refractivity contribution in [3.05, 3.63) is 67.0 Å². The minimum absolute atomic E-state index is 0.0449. The van der Waals surface area contributed by atoms with Crippen LogP contribution in [0.1, 0.15) is 5.69 Å². The molecule has 0 unspecified atom stereocenters. The molecular formula is C17H11F3N8. The van der Waals surface area contributed by atoms with Gasteiger partial charge in [0.1, 0.15) is 11.5 Å². The van der Waals surface area contributed by atoms with E-state index in [1.54, 1.807) is 30.6 Å². The molecule has 0 bridgehead atoms. The highest BCUT2D eigenvalue weighted by Gasteiger charge is 2.34. The number of halogens is 3. The molecule has 0 spiro atoms. The molecule has 0 aliphatic carbocycles. The predicted octanol–water partition coefficient (Wildman–Crippen LogP) is 3.28. The van der Waals surface area contributed by atoms with Gasteiger partial charge >= 0.3 is 6.18 Å². The average Bonchev–Trinajstić information content (AvgIpc) is 3.17. The lowest BCUT2D eigenvalue weighted by Gasteiger charge is -2.10. The Morgan fingerprint density at radius 2 is 1.71 bits per heavy atom. The molecule has 0 saturated heterocycles. The molecule has 0 aliphatic heterocycles. The van der Waals surface area contributed by atoms with E-state index in [1.807, 2.05) is 0 Å². The lowest BCUT2D eigenvalue weighted by Crippen LogP contribution is -2.11. The van der Waals surface area contributed by atoms with Crippen LogP contribution in [0.4, 0.5) is 24.7 Å². The molecule has 4 rings (SSSR count). The number of nitrogens with zero attached hydrogens (tertiary/aromatic N) is 7. The minimum atomic E-state index is -4.63. The van der Waals surface area contributed by atoms with Gasteiger partial charge in [-0.15, -0.1) is 0 Å². The summed E-state index contributed by atoms with van der Waals surface area (Å²) in [4.78, 5) is 19.8. The van der Waals surface area contributed by atoms with Gasteiger partial charge in [-0.05, 0) is 18.2 Å². The molecule has 0 amide bonds. The van der Waals surface area contributed by atoms with E-state index in [1.165, 1.54) is 29.3 Å². The maximum Gasteiger partial charge on any atom is 0.433 e. The Hall–Kier alpha value is -3.89. The third-order valence-corrected chi connectivity index (χ3v) is 3.52. The van der Waals surface area contributed by atoms with Crippen LogP contribution in [-0.2, 0) is 6.18 Å². The van der Waals surface area contributed by atoms with Crippen LogP contribution in [-0.4, -0.2) is 34.7 Å². The smallest absolute Gasteiger partial charge is 0.338 e. The molecule has 4 heterocycles. The Bertz CT molecular complexity index is 1080. The summed E-state index contributed by atoms with van der Waals surface area (Å²) >= 11 is 0. The van der Waals surface area contributed by atoms with E-state index in [4.69, 9.17) is 0 Å². The molecule has 0 aromatic carbocycles. The minimum Gasteiger partial charge on any atom is -0.338 e. The van der Waals surface area contributed by atoms with E-state index in [-0.39, 0.29) is 17.3 Å². The number of anilines is 2. The van der Waals surface area contributed by atoms with Crippen LogP contribution in [0.3, 0.4) is 0 Å². The first kappa shape index (κ1) is 17.5. The lowest BCUT2D eigenvalue weighted by atomic mass is 10.3. The normalized spacial score (nSPS) is 11.4. The van der Waals surface area contributed by atoms with Crippen molar-refractivity contribution in [2.75, 3.05) is 5.32 Å². The second kappa shape index (κ2) is 7.02. The first-order chi connectivity index (χ1) is 13.5. The van der Waals surface area contributed by atoms with Crippen molar-refractivity contribution in [2.24, 2.45) is 0 Å². The molecule has 1 N–H and O–H groups in total. The Kier molecular flexibility index (Phi) is 4.39. The number of nitrogens with one attached hydrogen (secondary N) is 1. The molecule has 0 atom stereocenters. The van der Waals surface area contributed by atoms with Gasteiger partial charge in [0.2, 0.25) is 5.95 Å². The first-order valence-corrected chi connectivity index (χ1v) is 7.96. The summed E-state index contributed by atoms with van der Waals surface area (Å²) in [5, 5.41) is 6.88. The highest BCUT2D eigenvalue weighted by Crippen LogP contribution is 2.31. The van der Waals surface area contributed by atoms with E-state index in [2.05, 4.69) is 35.3 Å². The van der Waals surface area contributed by atoms with Crippen LogP contribution < -0.4 is 5.32 Å². The van der Waals surface area contributed by atoms with Gasteiger partial charge < -0.3 is 5.32 Å². The summed E-state index contributed by atoms with van der Waals surface area (Å²) in [5.41, 5.74) is -0.444. The van der Waals surface area contributed by atoms with Crippen LogP contribution in [0.25, 0.3) is 17.5 Å². The molecule has 11 heteroatoms. The fourth-order valence-electron chi connectivity index (χ4n) is 2.32. The monoisotopic (exact) mass is 384 g/mol. The highest BCUT2D eigenvalue weighted by atomic mass is 19.4. The van der Waals surface area contributed by atoms with Gasteiger partial charge in [-0.3, -0.25) is 4.98 Å². The van der Waals surface area contributed by atoms with Crippen molar-refractivity contribution in [3.8, 4) is 17.5 Å². The van der Waals surface area contributed by atoms with Gasteiger partial charge in [0.05, 0.1) is 18.1 Å². The fraction of sp³-hybridized carbons (Fsp3) is 0.0588. The van der Waals surface area contributed by atoms with Gasteiger partial charge in [-0.2, -0.15) is 18.3 Å². The van der Waals surface area contributed by atoms with E-state index < -0.39 is 11.9 Å². The molecule has 0 fully saturated rings. The van der Waals surface area contributed by atoms with Crippen molar-refractivity contribution in [1.82, 2.24) is 34.7 Å². The van der Waals surface area contributed by atoms with Crippen molar-refractivity contribution >= 4 is 11.5 Å². The topological polar surface area (TPSA) is 94.3 Å². The summed E-state index contributed by atoms with van der Waals surface area (Å²) in [7, 11) is 0. The Morgan fingerprint density at radius 3 is 2.43 bits per heavy atom. The van der Waals surface area contributed by atoms with Crippen LogP contribution in [0, 0.1) is 0 Å². The second-order valence-electron chi connectivity index (χ2n) is 5.52. The molecule has 8 nitrogen and oxygen atoms in total. The number of rotatable bonds is 4. The van der Waals surface area contributed by atoms with E-state index in [0.29, 0.717) is 11.6 Å². The largest absolute Gasteiger partial charge is 0.433 e. The van der Waals surface area contributed by atoms with Crippen molar-refractivity contribution in [1.29, 1.82) is 0 Å². The molecule has 4 aromatic heterocycles. The molecule has 0 aliphatic rings. The maximum absolute atomic E-state index is 13.3. The zero-order valence-corrected chi connectivity index (χ0v) is 14.0. The van der Waals surface area contributed by atoms with Crippen molar-refractivity contribution in [2.45, 2.75) is 6.18 Å². The summed E-state index contributed by atoms with van der Waals surface area (Å²) in [6.45, 7) is 0. The number of hydrogen-bond donors (Lipinski definition) is 1. The van der Waals surface area contributed by atoms with Crippen molar-refractivity contribution < 1.29 is 13.2 Å². The summed E-state index contributed by atoms with van der Waals surface area (Å²) in [6, 6.07) is 7.30. The van der Waals surface area contributed by atoms with Gasteiger partial charge in [0.25, 0.3) is 0 Å². The summed E-state index contributed by atoms with van der Waals surface area (Å²) < 4.78 is 41.2. The SMILES string of the molecule is FC(F)(F)c1cc(Nc2cnn(-c3ncccn3)c2)nc(-c2ccccn2)n1. The van der Waals surface area contributed by atoms with Gasteiger partial charge in [0, 0.05) is 24.7 Å². The first-order valence-electron chi connectivity index (χ1n) is 7.96. The molecule has 0 saturated carbocycles. The van der Waals surface area contributed by atoms with Crippen LogP contribution in [0.15, 0.2) is 61.3 Å². The molecule has 0 radical (unpaired) electrons. The molecule has 140 valence electrons. The average molecular weight is 384 g/mol.